The topological polar surface area (TPSA) is 117 Å². The molecule has 0 saturated heterocycles. The third kappa shape index (κ3) is 7.02. The molecule has 0 spiro atoms. The number of carbonyl (C=O) groups excluding carboxylic acids is 1. The molecular weight excluding hydrogens is 252 g/mol. The number of aromatic nitrogens is 2. The summed E-state index contributed by atoms with van der Waals surface area (Å²) in [6, 6.07) is -0.311. The molecule has 1 aromatic heterocycles. The van der Waals surface area contributed by atoms with Gasteiger partial charge in [-0.05, 0) is 19.8 Å². The quantitative estimate of drug-likeness (QED) is 0.602. The maximum atomic E-state index is 11.4. The first-order valence-corrected chi connectivity index (χ1v) is 6.10. The zero-order valence-electron chi connectivity index (χ0n) is 10.8. The fourth-order valence-electron chi connectivity index (χ4n) is 1.41. The largest absolute Gasteiger partial charge is 0.481 e. The first kappa shape index (κ1) is 14.9. The second kappa shape index (κ2) is 8.06. The average molecular weight is 270 g/mol. The molecule has 0 radical (unpaired) electrons. The van der Waals surface area contributed by atoms with E-state index in [0.29, 0.717) is 24.7 Å². The Hall–Kier alpha value is -2.12. The van der Waals surface area contributed by atoms with Crippen molar-refractivity contribution in [3.63, 3.8) is 0 Å². The second-order valence-electron chi connectivity index (χ2n) is 4.05. The van der Waals surface area contributed by atoms with Crippen molar-refractivity contribution in [2.24, 2.45) is 0 Å². The molecule has 0 aliphatic carbocycles. The van der Waals surface area contributed by atoms with Gasteiger partial charge in [-0.3, -0.25) is 4.79 Å². The summed E-state index contributed by atoms with van der Waals surface area (Å²) in [6.07, 6.45) is 2.32. The maximum Gasteiger partial charge on any atom is 0.315 e. The Morgan fingerprint density at radius 2 is 2.05 bits per heavy atom. The van der Waals surface area contributed by atoms with E-state index in [-0.39, 0.29) is 19.0 Å². The molecule has 1 heterocycles. The van der Waals surface area contributed by atoms with Crippen LogP contribution in [0.15, 0.2) is 4.52 Å². The number of carboxylic acids is 1. The predicted octanol–water partition coefficient (Wildman–Crippen LogP) is 0.822. The van der Waals surface area contributed by atoms with Crippen molar-refractivity contribution < 1.29 is 19.2 Å². The van der Waals surface area contributed by atoms with E-state index in [0.717, 1.165) is 12.8 Å². The molecule has 19 heavy (non-hydrogen) atoms. The van der Waals surface area contributed by atoms with Gasteiger partial charge in [-0.15, -0.1) is 0 Å². The first-order chi connectivity index (χ1) is 9.08. The minimum atomic E-state index is -0.791. The number of nitrogens with one attached hydrogen (secondary N) is 2. The number of aliphatic carboxylic acids is 1. The Balaban J connectivity index is 2.00. The van der Waals surface area contributed by atoms with Crippen molar-refractivity contribution in [2.75, 3.05) is 6.54 Å². The van der Waals surface area contributed by atoms with Crippen LogP contribution >= 0.6 is 0 Å². The van der Waals surface area contributed by atoms with E-state index in [1.807, 2.05) is 0 Å². The van der Waals surface area contributed by atoms with Crippen LogP contribution in [0.5, 0.6) is 0 Å². The van der Waals surface area contributed by atoms with Crippen LogP contribution in [0, 0.1) is 6.92 Å². The lowest BCUT2D eigenvalue weighted by Gasteiger charge is -2.05. The molecule has 1 aromatic rings. The Labute approximate surface area is 110 Å². The molecule has 1 rings (SSSR count). The maximum absolute atomic E-state index is 11.4. The number of hydrogen-bond acceptors (Lipinski definition) is 5. The zero-order valence-corrected chi connectivity index (χ0v) is 10.8. The zero-order chi connectivity index (χ0) is 14.1. The molecule has 0 fully saturated rings. The third-order valence-electron chi connectivity index (χ3n) is 2.32. The van der Waals surface area contributed by atoms with Crippen LogP contribution in [-0.2, 0) is 11.3 Å². The van der Waals surface area contributed by atoms with E-state index in [4.69, 9.17) is 9.63 Å². The summed E-state index contributed by atoms with van der Waals surface area (Å²) in [5.74, 6) is 0.0882. The van der Waals surface area contributed by atoms with Crippen LogP contribution in [0.2, 0.25) is 0 Å². The van der Waals surface area contributed by atoms with Crippen molar-refractivity contribution in [1.29, 1.82) is 0 Å². The monoisotopic (exact) mass is 270 g/mol. The minimum Gasteiger partial charge on any atom is -0.481 e. The van der Waals surface area contributed by atoms with Crippen molar-refractivity contribution in [3.8, 4) is 0 Å². The van der Waals surface area contributed by atoms with E-state index in [2.05, 4.69) is 20.8 Å². The Morgan fingerprint density at radius 3 is 2.68 bits per heavy atom. The average Bonchev–Trinajstić information content (AvgIpc) is 2.76. The number of unbranched alkanes of at least 4 members (excludes halogenated alkanes) is 2. The van der Waals surface area contributed by atoms with E-state index in [1.54, 1.807) is 6.92 Å². The molecular formula is C11H18N4O4. The summed E-state index contributed by atoms with van der Waals surface area (Å²) in [6.45, 7) is 2.39. The molecule has 0 bridgehead atoms. The Morgan fingerprint density at radius 1 is 1.26 bits per heavy atom. The van der Waals surface area contributed by atoms with Gasteiger partial charge in [0.1, 0.15) is 0 Å². The fourth-order valence-corrected chi connectivity index (χ4v) is 1.41. The van der Waals surface area contributed by atoms with Gasteiger partial charge in [-0.25, -0.2) is 4.79 Å². The van der Waals surface area contributed by atoms with Crippen molar-refractivity contribution in [3.05, 3.63) is 11.7 Å². The van der Waals surface area contributed by atoms with Gasteiger partial charge in [-0.2, -0.15) is 4.98 Å². The van der Waals surface area contributed by atoms with Crippen molar-refractivity contribution in [1.82, 2.24) is 20.8 Å². The van der Waals surface area contributed by atoms with Gasteiger partial charge in [-0.1, -0.05) is 11.6 Å². The highest BCUT2D eigenvalue weighted by Gasteiger charge is 2.05. The van der Waals surface area contributed by atoms with Crippen LogP contribution < -0.4 is 10.6 Å². The molecule has 0 aliphatic rings. The normalized spacial score (nSPS) is 10.2. The highest BCUT2D eigenvalue weighted by Crippen LogP contribution is 1.98. The van der Waals surface area contributed by atoms with E-state index in [1.165, 1.54) is 0 Å². The number of carbonyl (C=O) groups is 2. The summed E-state index contributed by atoms with van der Waals surface area (Å²) >= 11 is 0. The molecule has 2 amide bonds. The predicted molar refractivity (Wildman–Crippen MR) is 65.4 cm³/mol. The lowest BCUT2D eigenvalue weighted by Crippen LogP contribution is -2.35. The highest BCUT2D eigenvalue weighted by atomic mass is 16.5. The summed E-state index contributed by atoms with van der Waals surface area (Å²) in [4.78, 5) is 25.6. The molecule has 0 atom stereocenters. The molecule has 3 N–H and O–H groups in total. The number of aryl methyl sites for hydroxylation is 1. The second-order valence-corrected chi connectivity index (χ2v) is 4.05. The molecule has 8 heteroatoms. The Bertz CT molecular complexity index is 419. The van der Waals surface area contributed by atoms with E-state index in [9.17, 15) is 9.59 Å². The van der Waals surface area contributed by atoms with Gasteiger partial charge in [0.2, 0.25) is 5.89 Å². The number of hydrogen-bond donors (Lipinski definition) is 3. The number of nitrogens with zero attached hydrogens (tertiary/aromatic N) is 2. The summed E-state index contributed by atoms with van der Waals surface area (Å²) < 4.78 is 4.84. The standard InChI is InChI=1S/C11H18N4O4/c1-8-14-9(19-15-8)7-13-11(18)12-6-4-2-3-5-10(16)17/h2-7H2,1H3,(H,16,17)(H2,12,13,18). The van der Waals surface area contributed by atoms with Crippen LogP contribution in [0.1, 0.15) is 37.4 Å². The van der Waals surface area contributed by atoms with Crippen LogP contribution in [-0.4, -0.2) is 33.8 Å². The van der Waals surface area contributed by atoms with E-state index < -0.39 is 5.97 Å². The van der Waals surface area contributed by atoms with Crippen molar-refractivity contribution >= 4 is 12.0 Å². The van der Waals surface area contributed by atoms with Gasteiger partial charge >= 0.3 is 12.0 Å². The van der Waals surface area contributed by atoms with Gasteiger partial charge in [0, 0.05) is 13.0 Å². The SMILES string of the molecule is Cc1noc(CNC(=O)NCCCCCC(=O)O)n1. The molecule has 0 unspecified atom stereocenters. The summed E-state index contributed by atoms with van der Waals surface area (Å²) in [5, 5.41) is 17.3. The highest BCUT2D eigenvalue weighted by molar-refractivity contribution is 5.73. The summed E-state index contributed by atoms with van der Waals surface area (Å²) in [7, 11) is 0. The first-order valence-electron chi connectivity index (χ1n) is 6.10. The van der Waals surface area contributed by atoms with Gasteiger partial charge < -0.3 is 20.3 Å². The lowest BCUT2D eigenvalue weighted by atomic mass is 10.2. The van der Waals surface area contributed by atoms with Gasteiger partial charge in [0.25, 0.3) is 0 Å². The summed E-state index contributed by atoms with van der Waals surface area (Å²) in [5.41, 5.74) is 0. The number of amides is 2. The minimum absolute atomic E-state index is 0.169. The lowest BCUT2D eigenvalue weighted by molar-refractivity contribution is -0.137. The number of rotatable bonds is 8. The Kier molecular flexibility index (Phi) is 6.34. The molecule has 106 valence electrons. The fraction of sp³-hybridized carbons (Fsp3) is 0.636. The van der Waals surface area contributed by atoms with Crippen molar-refractivity contribution in [2.45, 2.75) is 39.2 Å². The van der Waals surface area contributed by atoms with Gasteiger partial charge in [0.15, 0.2) is 5.82 Å². The van der Waals surface area contributed by atoms with Crippen LogP contribution in [0.4, 0.5) is 4.79 Å². The van der Waals surface area contributed by atoms with Crippen LogP contribution in [0.25, 0.3) is 0 Å². The molecule has 0 saturated carbocycles. The third-order valence-corrected chi connectivity index (χ3v) is 2.32. The smallest absolute Gasteiger partial charge is 0.315 e. The number of carboxylic acid groups (broad SMARTS) is 1. The molecule has 8 nitrogen and oxygen atoms in total. The molecule has 0 aromatic carbocycles. The molecule has 0 aliphatic heterocycles. The van der Waals surface area contributed by atoms with Gasteiger partial charge in [0.05, 0.1) is 6.54 Å². The van der Waals surface area contributed by atoms with E-state index >= 15 is 0 Å². The number of urea groups is 1. The van der Waals surface area contributed by atoms with Crippen LogP contribution in [0.3, 0.4) is 0 Å².